The van der Waals surface area contributed by atoms with E-state index in [4.69, 9.17) is 10.5 Å². The minimum Gasteiger partial charge on any atom is -0.384 e. The standard InChI is InChI=1S/C15H20N4O/c1-15(2)8-12(4-6-20-15)19-10-17-9-13(19)11-3-5-18-14(16)7-11/h3,5,7,9-10,12H,4,6,8H2,1-2H3,(H2,16,18). The first-order valence-electron chi connectivity index (χ1n) is 6.93. The molecule has 0 radical (unpaired) electrons. The SMILES string of the molecule is CC1(C)CC(n2cncc2-c2ccnc(N)c2)CCO1. The summed E-state index contributed by atoms with van der Waals surface area (Å²) in [6.07, 6.45) is 7.51. The molecule has 2 N–H and O–H groups in total. The Balaban J connectivity index is 1.94. The third-order valence-electron chi connectivity index (χ3n) is 3.81. The Morgan fingerprint density at radius 2 is 2.30 bits per heavy atom. The van der Waals surface area contributed by atoms with Gasteiger partial charge in [0.15, 0.2) is 0 Å². The van der Waals surface area contributed by atoms with Crippen LogP contribution in [0.5, 0.6) is 0 Å². The lowest BCUT2D eigenvalue weighted by Crippen LogP contribution is -2.35. The Bertz CT molecular complexity index is 605. The smallest absolute Gasteiger partial charge is 0.123 e. The van der Waals surface area contributed by atoms with E-state index in [1.807, 2.05) is 24.7 Å². The summed E-state index contributed by atoms with van der Waals surface area (Å²) in [4.78, 5) is 8.36. The molecule has 5 heteroatoms. The van der Waals surface area contributed by atoms with Gasteiger partial charge in [-0.2, -0.15) is 0 Å². The number of hydrogen-bond donors (Lipinski definition) is 1. The van der Waals surface area contributed by atoms with E-state index < -0.39 is 0 Å². The number of imidazole rings is 1. The van der Waals surface area contributed by atoms with Crippen LogP contribution < -0.4 is 5.73 Å². The first kappa shape index (κ1) is 13.1. The third kappa shape index (κ3) is 2.54. The zero-order valence-electron chi connectivity index (χ0n) is 11.9. The molecule has 0 amide bonds. The average molecular weight is 272 g/mol. The Morgan fingerprint density at radius 1 is 1.45 bits per heavy atom. The van der Waals surface area contributed by atoms with Crippen LogP contribution in [0.25, 0.3) is 11.3 Å². The second kappa shape index (κ2) is 4.90. The molecule has 0 spiro atoms. The zero-order chi connectivity index (χ0) is 14.2. The third-order valence-corrected chi connectivity index (χ3v) is 3.81. The molecular weight excluding hydrogens is 252 g/mol. The molecule has 1 unspecified atom stereocenters. The van der Waals surface area contributed by atoms with Gasteiger partial charge in [-0.05, 0) is 38.8 Å². The lowest BCUT2D eigenvalue weighted by Gasteiger charge is -2.36. The normalized spacial score (nSPS) is 21.8. The first-order chi connectivity index (χ1) is 9.55. The average Bonchev–Trinajstić information content (AvgIpc) is 2.86. The van der Waals surface area contributed by atoms with Gasteiger partial charge in [-0.1, -0.05) is 0 Å². The van der Waals surface area contributed by atoms with Gasteiger partial charge in [0, 0.05) is 24.4 Å². The first-order valence-corrected chi connectivity index (χ1v) is 6.93. The molecule has 5 nitrogen and oxygen atoms in total. The summed E-state index contributed by atoms with van der Waals surface area (Å²) in [5.41, 5.74) is 7.83. The maximum atomic E-state index is 5.79. The minimum absolute atomic E-state index is 0.0816. The number of aromatic nitrogens is 3. The molecule has 106 valence electrons. The number of nitrogens with two attached hydrogens (primary N) is 1. The highest BCUT2D eigenvalue weighted by atomic mass is 16.5. The van der Waals surface area contributed by atoms with Crippen molar-refractivity contribution in [1.82, 2.24) is 14.5 Å². The highest BCUT2D eigenvalue weighted by Crippen LogP contribution is 2.34. The Hall–Kier alpha value is -1.88. The van der Waals surface area contributed by atoms with Crippen molar-refractivity contribution in [3.05, 3.63) is 30.9 Å². The number of hydrogen-bond acceptors (Lipinski definition) is 4. The fourth-order valence-corrected chi connectivity index (χ4v) is 2.86. The molecule has 1 saturated heterocycles. The number of nitrogen functional groups attached to an aromatic ring is 1. The minimum atomic E-state index is -0.0816. The van der Waals surface area contributed by atoms with E-state index in [1.54, 1.807) is 6.20 Å². The molecule has 1 aliphatic heterocycles. The van der Waals surface area contributed by atoms with E-state index in [-0.39, 0.29) is 5.60 Å². The summed E-state index contributed by atoms with van der Waals surface area (Å²) in [5, 5.41) is 0. The van der Waals surface area contributed by atoms with Crippen molar-refractivity contribution in [2.45, 2.75) is 38.3 Å². The fraction of sp³-hybridized carbons (Fsp3) is 0.467. The largest absolute Gasteiger partial charge is 0.384 e. The maximum absolute atomic E-state index is 5.79. The number of anilines is 1. The molecule has 0 aliphatic carbocycles. The highest BCUT2D eigenvalue weighted by Gasteiger charge is 2.30. The van der Waals surface area contributed by atoms with Gasteiger partial charge in [-0.3, -0.25) is 0 Å². The van der Waals surface area contributed by atoms with E-state index in [1.165, 1.54) is 0 Å². The second-order valence-corrected chi connectivity index (χ2v) is 5.91. The number of pyridine rings is 1. The highest BCUT2D eigenvalue weighted by molar-refractivity contribution is 5.61. The van der Waals surface area contributed by atoms with Crippen LogP contribution in [0, 0.1) is 0 Å². The number of nitrogens with zero attached hydrogens (tertiary/aromatic N) is 3. The molecule has 0 saturated carbocycles. The predicted octanol–water partition coefficient (Wildman–Crippen LogP) is 2.66. The number of ether oxygens (including phenoxy) is 1. The van der Waals surface area contributed by atoms with Crippen molar-refractivity contribution < 1.29 is 4.74 Å². The zero-order valence-corrected chi connectivity index (χ0v) is 11.9. The molecule has 1 atom stereocenters. The summed E-state index contributed by atoms with van der Waals surface area (Å²) >= 11 is 0. The summed E-state index contributed by atoms with van der Waals surface area (Å²) in [6.45, 7) is 5.06. The number of rotatable bonds is 2. The lowest BCUT2D eigenvalue weighted by molar-refractivity contribution is -0.0688. The molecular formula is C15H20N4O. The van der Waals surface area contributed by atoms with Crippen LogP contribution in [0.1, 0.15) is 32.7 Å². The van der Waals surface area contributed by atoms with Crippen LogP contribution in [0.4, 0.5) is 5.82 Å². The molecule has 20 heavy (non-hydrogen) atoms. The summed E-state index contributed by atoms with van der Waals surface area (Å²) in [7, 11) is 0. The van der Waals surface area contributed by atoms with Crippen LogP contribution in [0.2, 0.25) is 0 Å². The van der Waals surface area contributed by atoms with Crippen LogP contribution in [-0.4, -0.2) is 26.7 Å². The van der Waals surface area contributed by atoms with Gasteiger partial charge in [0.25, 0.3) is 0 Å². The van der Waals surface area contributed by atoms with Crippen molar-refractivity contribution in [3.63, 3.8) is 0 Å². The van der Waals surface area contributed by atoms with Crippen molar-refractivity contribution in [2.24, 2.45) is 0 Å². The van der Waals surface area contributed by atoms with Crippen molar-refractivity contribution in [3.8, 4) is 11.3 Å². The van der Waals surface area contributed by atoms with E-state index >= 15 is 0 Å². The Morgan fingerprint density at radius 3 is 3.05 bits per heavy atom. The Labute approximate surface area is 118 Å². The molecule has 1 fully saturated rings. The predicted molar refractivity (Wildman–Crippen MR) is 78.2 cm³/mol. The molecule has 2 aromatic rings. The van der Waals surface area contributed by atoms with Gasteiger partial charge in [-0.25, -0.2) is 9.97 Å². The molecule has 0 bridgehead atoms. The maximum Gasteiger partial charge on any atom is 0.123 e. The van der Waals surface area contributed by atoms with Crippen molar-refractivity contribution in [1.29, 1.82) is 0 Å². The van der Waals surface area contributed by atoms with Crippen LogP contribution >= 0.6 is 0 Å². The molecule has 0 aromatic carbocycles. The van der Waals surface area contributed by atoms with Crippen molar-refractivity contribution in [2.75, 3.05) is 12.3 Å². The van der Waals surface area contributed by atoms with Crippen LogP contribution in [-0.2, 0) is 4.74 Å². The molecule has 3 rings (SSSR count). The van der Waals surface area contributed by atoms with E-state index in [9.17, 15) is 0 Å². The van der Waals surface area contributed by atoms with Gasteiger partial charge >= 0.3 is 0 Å². The van der Waals surface area contributed by atoms with Crippen LogP contribution in [0.3, 0.4) is 0 Å². The van der Waals surface area contributed by atoms with E-state index in [0.29, 0.717) is 11.9 Å². The quantitative estimate of drug-likeness (QED) is 0.912. The van der Waals surface area contributed by atoms with Crippen LogP contribution in [0.15, 0.2) is 30.9 Å². The lowest BCUT2D eigenvalue weighted by atomic mass is 9.93. The van der Waals surface area contributed by atoms with E-state index in [0.717, 1.165) is 30.7 Å². The fourth-order valence-electron chi connectivity index (χ4n) is 2.86. The van der Waals surface area contributed by atoms with Gasteiger partial charge in [-0.15, -0.1) is 0 Å². The molecule has 2 aromatic heterocycles. The monoisotopic (exact) mass is 272 g/mol. The molecule has 3 heterocycles. The summed E-state index contributed by atoms with van der Waals surface area (Å²) in [6, 6.07) is 4.26. The Kier molecular flexibility index (Phi) is 3.22. The second-order valence-electron chi connectivity index (χ2n) is 5.91. The molecule has 1 aliphatic rings. The van der Waals surface area contributed by atoms with Gasteiger partial charge < -0.3 is 15.0 Å². The van der Waals surface area contributed by atoms with E-state index in [2.05, 4.69) is 28.4 Å². The summed E-state index contributed by atoms with van der Waals surface area (Å²) < 4.78 is 8.03. The van der Waals surface area contributed by atoms with Gasteiger partial charge in [0.1, 0.15) is 5.82 Å². The summed E-state index contributed by atoms with van der Waals surface area (Å²) in [5.74, 6) is 0.530. The van der Waals surface area contributed by atoms with Gasteiger partial charge in [0.2, 0.25) is 0 Å². The topological polar surface area (TPSA) is 66.0 Å². The van der Waals surface area contributed by atoms with Crippen molar-refractivity contribution >= 4 is 5.82 Å². The van der Waals surface area contributed by atoms with Gasteiger partial charge in [0.05, 0.1) is 23.8 Å².